The molecule has 4 heteroatoms. The van der Waals surface area contributed by atoms with Gasteiger partial charge in [0.25, 0.3) is 0 Å². The summed E-state index contributed by atoms with van der Waals surface area (Å²) < 4.78 is 1.13. The van der Waals surface area contributed by atoms with Crippen molar-refractivity contribution >= 4 is 27.3 Å². The molecule has 78 valence electrons. The van der Waals surface area contributed by atoms with E-state index in [-0.39, 0.29) is 5.78 Å². The fourth-order valence-electron chi connectivity index (χ4n) is 1.48. The van der Waals surface area contributed by atoms with Crippen LogP contribution in [0.1, 0.15) is 15.4 Å². The molecule has 0 fully saturated rings. The van der Waals surface area contributed by atoms with Gasteiger partial charge in [0.1, 0.15) is 0 Å². The summed E-state index contributed by atoms with van der Waals surface area (Å²) in [5, 5.41) is 3.88. The number of benzene rings is 1. The van der Waals surface area contributed by atoms with E-state index in [0.29, 0.717) is 6.54 Å². The summed E-state index contributed by atoms with van der Waals surface area (Å²) in [5.74, 6) is 0.102. The first-order chi connectivity index (χ1) is 7.20. The van der Waals surface area contributed by atoms with Gasteiger partial charge in [-0.25, -0.2) is 4.98 Å². The normalized spacial score (nSPS) is 10.8. The molecule has 0 amide bonds. The molecule has 2 rings (SSSR count). The zero-order valence-electron chi connectivity index (χ0n) is 8.70. The number of hydrogen-bond donors (Lipinski definition) is 1. The Kier molecular flexibility index (Phi) is 2.79. The van der Waals surface area contributed by atoms with Crippen LogP contribution in [-0.2, 0) is 0 Å². The van der Waals surface area contributed by atoms with Gasteiger partial charge in [-0.2, -0.15) is 0 Å². The fraction of sp³-hybridized carbons (Fsp3) is 0.273. The third kappa shape index (κ3) is 2.06. The first-order valence-corrected chi connectivity index (χ1v) is 5.57. The van der Waals surface area contributed by atoms with Gasteiger partial charge in [0.05, 0.1) is 21.8 Å². The summed E-state index contributed by atoms with van der Waals surface area (Å²) in [6.45, 7) is 2.34. The number of fused-ring (bicyclic) bond motifs is 1. The highest BCUT2D eigenvalue weighted by Crippen LogP contribution is 2.22. The van der Waals surface area contributed by atoms with Crippen molar-refractivity contribution in [3.05, 3.63) is 28.8 Å². The molecule has 1 aromatic heterocycles. The number of carbonyl (C=O) groups excluding carboxylic acids is 1. The number of ketones is 1. The van der Waals surface area contributed by atoms with Gasteiger partial charge >= 0.3 is 0 Å². The van der Waals surface area contributed by atoms with Crippen LogP contribution >= 0.6 is 11.3 Å². The number of carbonyl (C=O) groups is 1. The standard InChI is InChI=1S/C11H12N2OS/c1-7-13-9-5-8(10(14)6-12-2)3-4-11(9)15-7/h3-5,12H,6H2,1-2H3. The lowest BCUT2D eigenvalue weighted by Crippen LogP contribution is -2.18. The maximum absolute atomic E-state index is 11.6. The second kappa shape index (κ2) is 4.08. The Balaban J connectivity index is 2.41. The molecule has 0 unspecified atom stereocenters. The summed E-state index contributed by atoms with van der Waals surface area (Å²) in [7, 11) is 1.77. The molecule has 0 saturated carbocycles. The van der Waals surface area contributed by atoms with Crippen LogP contribution in [-0.4, -0.2) is 24.4 Å². The predicted molar refractivity (Wildman–Crippen MR) is 62.6 cm³/mol. The van der Waals surface area contributed by atoms with Gasteiger partial charge in [0.2, 0.25) is 0 Å². The smallest absolute Gasteiger partial charge is 0.176 e. The topological polar surface area (TPSA) is 42.0 Å². The molecule has 0 aliphatic heterocycles. The zero-order valence-corrected chi connectivity index (χ0v) is 9.52. The molecule has 0 saturated heterocycles. The van der Waals surface area contributed by atoms with E-state index in [4.69, 9.17) is 0 Å². The zero-order chi connectivity index (χ0) is 10.8. The number of aryl methyl sites for hydroxylation is 1. The van der Waals surface area contributed by atoms with Crippen molar-refractivity contribution < 1.29 is 4.79 Å². The number of likely N-dealkylation sites (N-methyl/N-ethyl adjacent to an activating group) is 1. The van der Waals surface area contributed by atoms with Gasteiger partial charge in [-0.15, -0.1) is 11.3 Å². The van der Waals surface area contributed by atoms with Crippen molar-refractivity contribution in [3.8, 4) is 0 Å². The van der Waals surface area contributed by atoms with Gasteiger partial charge in [0, 0.05) is 5.56 Å². The molecule has 3 nitrogen and oxygen atoms in total. The molecular weight excluding hydrogens is 208 g/mol. The Bertz CT molecular complexity index is 504. The minimum absolute atomic E-state index is 0.102. The second-order valence-corrected chi connectivity index (χ2v) is 4.60. The van der Waals surface area contributed by atoms with Crippen LogP contribution in [0.5, 0.6) is 0 Å². The second-order valence-electron chi connectivity index (χ2n) is 3.37. The number of thiazole rings is 1. The number of nitrogens with zero attached hydrogens (tertiary/aromatic N) is 1. The minimum Gasteiger partial charge on any atom is -0.313 e. The van der Waals surface area contributed by atoms with Crippen molar-refractivity contribution in [3.63, 3.8) is 0 Å². The molecule has 0 spiro atoms. The Morgan fingerprint density at radius 3 is 3.07 bits per heavy atom. The molecular formula is C11H12N2OS. The maximum Gasteiger partial charge on any atom is 0.176 e. The molecule has 2 aromatic rings. The Hall–Kier alpha value is -1.26. The highest BCUT2D eigenvalue weighted by atomic mass is 32.1. The predicted octanol–water partition coefficient (Wildman–Crippen LogP) is 2.01. The van der Waals surface area contributed by atoms with Crippen molar-refractivity contribution in [2.45, 2.75) is 6.92 Å². The van der Waals surface area contributed by atoms with E-state index in [1.54, 1.807) is 18.4 Å². The minimum atomic E-state index is 0.102. The van der Waals surface area contributed by atoms with E-state index >= 15 is 0 Å². The van der Waals surface area contributed by atoms with Crippen LogP contribution in [0.4, 0.5) is 0 Å². The molecule has 1 heterocycles. The van der Waals surface area contributed by atoms with E-state index in [1.807, 2.05) is 25.1 Å². The summed E-state index contributed by atoms with van der Waals surface area (Å²) in [4.78, 5) is 16.0. The molecule has 0 aliphatic carbocycles. The monoisotopic (exact) mass is 220 g/mol. The van der Waals surface area contributed by atoms with E-state index in [0.717, 1.165) is 20.8 Å². The van der Waals surface area contributed by atoms with Crippen molar-refractivity contribution in [1.29, 1.82) is 0 Å². The van der Waals surface area contributed by atoms with Gasteiger partial charge in [-0.05, 0) is 32.2 Å². The van der Waals surface area contributed by atoms with Crippen molar-refractivity contribution in [1.82, 2.24) is 10.3 Å². The molecule has 0 aliphatic rings. The maximum atomic E-state index is 11.6. The van der Waals surface area contributed by atoms with E-state index in [1.165, 1.54) is 0 Å². The molecule has 0 radical (unpaired) electrons. The number of Topliss-reactive ketones (excluding diaryl/α,β-unsaturated/α-hetero) is 1. The largest absolute Gasteiger partial charge is 0.313 e. The van der Waals surface area contributed by atoms with Crippen LogP contribution < -0.4 is 5.32 Å². The molecule has 0 bridgehead atoms. The molecule has 15 heavy (non-hydrogen) atoms. The van der Waals surface area contributed by atoms with Crippen LogP contribution in [0.3, 0.4) is 0 Å². The van der Waals surface area contributed by atoms with Crippen LogP contribution in [0.15, 0.2) is 18.2 Å². The molecule has 1 N–H and O–H groups in total. The highest BCUT2D eigenvalue weighted by molar-refractivity contribution is 7.18. The Labute approximate surface area is 92.1 Å². The van der Waals surface area contributed by atoms with Crippen LogP contribution in [0.25, 0.3) is 10.2 Å². The number of rotatable bonds is 3. The lowest BCUT2D eigenvalue weighted by molar-refractivity contribution is 0.0993. The van der Waals surface area contributed by atoms with Crippen molar-refractivity contribution in [2.75, 3.05) is 13.6 Å². The first-order valence-electron chi connectivity index (χ1n) is 4.75. The fourth-order valence-corrected chi connectivity index (χ4v) is 2.29. The number of hydrogen-bond acceptors (Lipinski definition) is 4. The van der Waals surface area contributed by atoms with Gasteiger partial charge in [-0.3, -0.25) is 4.79 Å². The molecule has 0 atom stereocenters. The SMILES string of the molecule is CNCC(=O)c1ccc2sc(C)nc2c1. The summed E-state index contributed by atoms with van der Waals surface area (Å²) in [6.07, 6.45) is 0. The van der Waals surface area contributed by atoms with Crippen LogP contribution in [0.2, 0.25) is 0 Å². The van der Waals surface area contributed by atoms with E-state index in [9.17, 15) is 4.79 Å². The lowest BCUT2D eigenvalue weighted by atomic mass is 10.1. The van der Waals surface area contributed by atoms with Crippen molar-refractivity contribution in [2.24, 2.45) is 0 Å². The quantitative estimate of drug-likeness (QED) is 0.804. The lowest BCUT2D eigenvalue weighted by Gasteiger charge is -1.99. The van der Waals surface area contributed by atoms with Gasteiger partial charge in [-0.1, -0.05) is 0 Å². The average molecular weight is 220 g/mol. The van der Waals surface area contributed by atoms with Crippen LogP contribution in [0, 0.1) is 6.92 Å². The van der Waals surface area contributed by atoms with Gasteiger partial charge < -0.3 is 5.32 Å². The highest BCUT2D eigenvalue weighted by Gasteiger charge is 2.07. The van der Waals surface area contributed by atoms with Gasteiger partial charge in [0.15, 0.2) is 5.78 Å². The summed E-state index contributed by atoms with van der Waals surface area (Å²) in [5.41, 5.74) is 1.64. The summed E-state index contributed by atoms with van der Waals surface area (Å²) >= 11 is 1.65. The van der Waals surface area contributed by atoms with E-state index in [2.05, 4.69) is 10.3 Å². The number of aromatic nitrogens is 1. The molecule has 1 aromatic carbocycles. The first kappa shape index (κ1) is 10.3. The Morgan fingerprint density at radius 2 is 2.33 bits per heavy atom. The van der Waals surface area contributed by atoms with E-state index < -0.39 is 0 Å². The third-order valence-electron chi connectivity index (χ3n) is 2.15. The summed E-state index contributed by atoms with van der Waals surface area (Å²) in [6, 6.07) is 5.68. The Morgan fingerprint density at radius 1 is 1.53 bits per heavy atom. The number of nitrogens with one attached hydrogen (secondary N) is 1. The average Bonchev–Trinajstić information content (AvgIpc) is 2.57. The third-order valence-corrected chi connectivity index (χ3v) is 3.11.